The summed E-state index contributed by atoms with van der Waals surface area (Å²) in [6, 6.07) is 6.34. The van der Waals surface area contributed by atoms with Crippen molar-refractivity contribution < 1.29 is 9.18 Å². The normalized spacial score (nSPS) is 29.0. The van der Waals surface area contributed by atoms with Crippen molar-refractivity contribution >= 4 is 11.6 Å². The highest BCUT2D eigenvalue weighted by Crippen LogP contribution is 2.47. The first kappa shape index (κ1) is 14.4. The highest BCUT2D eigenvalue weighted by atomic mass is 19.1. The Hall–Kier alpha value is -2.21. The van der Waals surface area contributed by atoms with Gasteiger partial charge < -0.3 is 11.1 Å². The average molecular weight is 314 g/mol. The van der Waals surface area contributed by atoms with Crippen LogP contribution in [0.5, 0.6) is 0 Å². The van der Waals surface area contributed by atoms with Crippen LogP contribution in [0.2, 0.25) is 0 Å². The Morgan fingerprint density at radius 2 is 2.09 bits per heavy atom. The molecule has 23 heavy (non-hydrogen) atoms. The molecule has 2 bridgehead atoms. The third kappa shape index (κ3) is 2.43. The van der Waals surface area contributed by atoms with Gasteiger partial charge in [-0.25, -0.2) is 9.07 Å². The third-order valence-electron chi connectivity index (χ3n) is 5.23. The quantitative estimate of drug-likeness (QED) is 0.913. The van der Waals surface area contributed by atoms with Crippen molar-refractivity contribution in [2.45, 2.75) is 25.3 Å². The molecule has 4 rings (SSSR count). The minimum absolute atomic E-state index is 0.0437. The van der Waals surface area contributed by atoms with Gasteiger partial charge in [-0.1, -0.05) is 12.1 Å². The van der Waals surface area contributed by atoms with Gasteiger partial charge in [0.2, 0.25) is 5.91 Å². The number of nitrogens with zero attached hydrogens (tertiary/aromatic N) is 2. The molecule has 5 nitrogen and oxygen atoms in total. The fourth-order valence-corrected chi connectivity index (χ4v) is 4.11. The van der Waals surface area contributed by atoms with Crippen molar-refractivity contribution in [3.63, 3.8) is 0 Å². The summed E-state index contributed by atoms with van der Waals surface area (Å²) in [7, 11) is 0. The van der Waals surface area contributed by atoms with E-state index in [0.29, 0.717) is 23.2 Å². The van der Waals surface area contributed by atoms with Gasteiger partial charge in [0.05, 0.1) is 24.0 Å². The Labute approximate surface area is 133 Å². The lowest BCUT2D eigenvalue weighted by molar-refractivity contribution is -0.121. The predicted octanol–water partition coefficient (Wildman–Crippen LogP) is 2.32. The van der Waals surface area contributed by atoms with Gasteiger partial charge in [-0.15, -0.1) is 0 Å². The average Bonchev–Trinajstić information content (AvgIpc) is 3.23. The molecule has 1 amide bonds. The number of nitrogens with one attached hydrogen (secondary N) is 1. The number of fused-ring (bicyclic) bond motifs is 2. The fourth-order valence-electron chi connectivity index (χ4n) is 4.11. The number of halogens is 1. The number of anilines is 1. The highest BCUT2D eigenvalue weighted by molar-refractivity contribution is 5.93. The molecule has 2 aromatic rings. The Kier molecular flexibility index (Phi) is 3.41. The van der Waals surface area contributed by atoms with Crippen LogP contribution in [0.3, 0.4) is 0 Å². The van der Waals surface area contributed by atoms with Crippen molar-refractivity contribution in [1.82, 2.24) is 9.78 Å². The summed E-state index contributed by atoms with van der Waals surface area (Å²) >= 11 is 0. The Morgan fingerprint density at radius 1 is 1.30 bits per heavy atom. The van der Waals surface area contributed by atoms with E-state index in [1.54, 1.807) is 24.4 Å². The number of rotatable bonds is 3. The second-order valence-corrected chi connectivity index (χ2v) is 6.55. The molecule has 2 aliphatic carbocycles. The minimum Gasteiger partial charge on any atom is -0.327 e. The van der Waals surface area contributed by atoms with Crippen LogP contribution < -0.4 is 11.1 Å². The summed E-state index contributed by atoms with van der Waals surface area (Å²) in [6.45, 7) is 0. The van der Waals surface area contributed by atoms with E-state index < -0.39 is 0 Å². The SMILES string of the molecule is NC1C2CCC(C2)C1C(=O)Nc1cnn(-c2ccccc2F)c1. The largest absolute Gasteiger partial charge is 0.327 e. The van der Waals surface area contributed by atoms with Gasteiger partial charge in [0.1, 0.15) is 11.5 Å². The smallest absolute Gasteiger partial charge is 0.229 e. The van der Waals surface area contributed by atoms with Gasteiger partial charge in [-0.05, 0) is 43.2 Å². The second-order valence-electron chi connectivity index (χ2n) is 6.55. The summed E-state index contributed by atoms with van der Waals surface area (Å²) in [5.74, 6) is 0.362. The number of hydrogen-bond acceptors (Lipinski definition) is 3. The van der Waals surface area contributed by atoms with Crippen LogP contribution >= 0.6 is 0 Å². The van der Waals surface area contributed by atoms with Gasteiger partial charge in [-0.2, -0.15) is 5.10 Å². The molecule has 0 spiro atoms. The zero-order chi connectivity index (χ0) is 16.0. The van der Waals surface area contributed by atoms with E-state index >= 15 is 0 Å². The molecule has 1 aromatic carbocycles. The Balaban J connectivity index is 1.50. The fraction of sp³-hybridized carbons (Fsp3) is 0.412. The first-order valence-electron chi connectivity index (χ1n) is 7.99. The van der Waals surface area contributed by atoms with E-state index in [2.05, 4.69) is 10.4 Å². The number of amides is 1. The van der Waals surface area contributed by atoms with Gasteiger partial charge >= 0.3 is 0 Å². The molecule has 4 unspecified atom stereocenters. The molecule has 0 aliphatic heterocycles. The van der Waals surface area contributed by atoms with Crippen molar-refractivity contribution in [2.75, 3.05) is 5.32 Å². The summed E-state index contributed by atoms with van der Waals surface area (Å²) in [4.78, 5) is 12.5. The molecule has 0 saturated heterocycles. The zero-order valence-electron chi connectivity index (χ0n) is 12.7. The predicted molar refractivity (Wildman–Crippen MR) is 84.4 cm³/mol. The first-order chi connectivity index (χ1) is 11.1. The van der Waals surface area contributed by atoms with Crippen LogP contribution in [0.4, 0.5) is 10.1 Å². The molecule has 0 radical (unpaired) electrons. The van der Waals surface area contributed by atoms with E-state index in [0.717, 1.165) is 19.3 Å². The van der Waals surface area contributed by atoms with Crippen LogP contribution in [0, 0.1) is 23.6 Å². The number of para-hydroxylation sites is 1. The topological polar surface area (TPSA) is 72.9 Å². The first-order valence-corrected chi connectivity index (χ1v) is 7.99. The van der Waals surface area contributed by atoms with Crippen molar-refractivity contribution in [1.29, 1.82) is 0 Å². The summed E-state index contributed by atoms with van der Waals surface area (Å²) in [5.41, 5.74) is 7.12. The summed E-state index contributed by atoms with van der Waals surface area (Å²) in [5, 5.41) is 7.01. The maximum Gasteiger partial charge on any atom is 0.229 e. The molecule has 6 heteroatoms. The van der Waals surface area contributed by atoms with E-state index in [9.17, 15) is 9.18 Å². The highest BCUT2D eigenvalue weighted by Gasteiger charge is 2.49. The van der Waals surface area contributed by atoms with Crippen LogP contribution in [-0.4, -0.2) is 21.7 Å². The van der Waals surface area contributed by atoms with Crippen molar-refractivity contribution in [3.8, 4) is 5.69 Å². The number of nitrogens with two attached hydrogens (primary N) is 1. The molecule has 2 aliphatic rings. The molecule has 2 fully saturated rings. The second kappa shape index (κ2) is 5.45. The lowest BCUT2D eigenvalue weighted by Crippen LogP contribution is -2.42. The van der Waals surface area contributed by atoms with Crippen LogP contribution in [0.1, 0.15) is 19.3 Å². The minimum atomic E-state index is -0.358. The Morgan fingerprint density at radius 3 is 2.83 bits per heavy atom. The number of hydrogen-bond donors (Lipinski definition) is 2. The molecular weight excluding hydrogens is 295 g/mol. The molecule has 1 aromatic heterocycles. The summed E-state index contributed by atoms with van der Waals surface area (Å²) in [6.07, 6.45) is 6.44. The summed E-state index contributed by atoms with van der Waals surface area (Å²) < 4.78 is 15.2. The molecule has 4 atom stereocenters. The molecule has 2 saturated carbocycles. The maximum atomic E-state index is 13.8. The van der Waals surface area contributed by atoms with Gasteiger partial charge in [-0.3, -0.25) is 4.79 Å². The van der Waals surface area contributed by atoms with Crippen LogP contribution in [0.25, 0.3) is 5.69 Å². The zero-order valence-corrected chi connectivity index (χ0v) is 12.7. The van der Waals surface area contributed by atoms with Crippen molar-refractivity contribution in [3.05, 3.63) is 42.5 Å². The van der Waals surface area contributed by atoms with Crippen molar-refractivity contribution in [2.24, 2.45) is 23.5 Å². The van der Waals surface area contributed by atoms with Gasteiger partial charge in [0, 0.05) is 6.04 Å². The Bertz CT molecular complexity index is 742. The molecule has 120 valence electrons. The molecule has 1 heterocycles. The standard InChI is InChI=1S/C17H19FN4O/c18-13-3-1-2-4-14(13)22-9-12(8-20-22)21-17(23)15-10-5-6-11(7-10)16(15)19/h1-4,8-11,15-16H,5-7,19H2,(H,21,23). The number of aromatic nitrogens is 2. The van der Waals surface area contributed by atoms with Gasteiger partial charge in [0.15, 0.2) is 0 Å². The van der Waals surface area contributed by atoms with Crippen LogP contribution in [0.15, 0.2) is 36.7 Å². The van der Waals surface area contributed by atoms with Gasteiger partial charge in [0.25, 0.3) is 0 Å². The van der Waals surface area contributed by atoms with E-state index in [1.165, 1.54) is 16.9 Å². The third-order valence-corrected chi connectivity index (χ3v) is 5.23. The lowest BCUT2D eigenvalue weighted by Gasteiger charge is -2.26. The molecule has 3 N–H and O–H groups in total. The monoisotopic (exact) mass is 314 g/mol. The van der Waals surface area contributed by atoms with Crippen LogP contribution in [-0.2, 0) is 4.79 Å². The number of benzene rings is 1. The number of carbonyl (C=O) groups is 1. The van der Waals surface area contributed by atoms with E-state index in [4.69, 9.17) is 5.73 Å². The van der Waals surface area contributed by atoms with E-state index in [-0.39, 0.29) is 23.7 Å². The number of carbonyl (C=O) groups excluding carboxylic acids is 1. The molecular formula is C17H19FN4O. The lowest BCUT2D eigenvalue weighted by atomic mass is 9.84. The maximum absolute atomic E-state index is 13.8. The van der Waals surface area contributed by atoms with E-state index in [1.807, 2.05) is 0 Å².